The van der Waals surface area contributed by atoms with Crippen molar-refractivity contribution in [1.29, 1.82) is 0 Å². The Morgan fingerprint density at radius 1 is 0.871 bits per heavy atom. The summed E-state index contributed by atoms with van der Waals surface area (Å²) in [5.74, 6) is 3.07. The lowest BCUT2D eigenvalue weighted by atomic mass is 9.73. The number of unbranched alkanes of at least 4 members (excludes halogenated alkanes) is 3. The highest BCUT2D eigenvalue weighted by atomic mass is 28.3. The van der Waals surface area contributed by atoms with Gasteiger partial charge in [-0.2, -0.15) is 8.78 Å². The molecule has 0 bridgehead atoms. The summed E-state index contributed by atoms with van der Waals surface area (Å²) in [5.41, 5.74) is 1.86. The number of hydrogen-bond donors (Lipinski definition) is 0. The third-order valence-corrected chi connectivity index (χ3v) is 11.8. The zero-order valence-corrected chi connectivity index (χ0v) is 20.9. The molecule has 3 rings (SSSR count). The van der Waals surface area contributed by atoms with Gasteiger partial charge in [0, 0.05) is 14.9 Å². The first-order valence-corrected chi connectivity index (χ1v) is 15.7. The van der Waals surface area contributed by atoms with Gasteiger partial charge in [-0.15, -0.1) is 0 Å². The molecule has 2 aliphatic rings. The van der Waals surface area contributed by atoms with Gasteiger partial charge in [0.1, 0.15) is 0 Å². The van der Waals surface area contributed by atoms with Crippen molar-refractivity contribution in [2.75, 3.05) is 0 Å². The predicted molar refractivity (Wildman–Crippen MR) is 133 cm³/mol. The lowest BCUT2D eigenvalue weighted by Gasteiger charge is -2.37. The zero-order valence-electron chi connectivity index (χ0n) is 19.8. The Morgan fingerprint density at radius 2 is 1.55 bits per heavy atom. The topological polar surface area (TPSA) is 0 Å². The van der Waals surface area contributed by atoms with Crippen LogP contribution in [0.25, 0.3) is 6.08 Å². The van der Waals surface area contributed by atoms with Crippen molar-refractivity contribution in [2.45, 2.75) is 109 Å². The number of hydrogen-bond acceptors (Lipinski definition) is 0. The zero-order chi connectivity index (χ0) is 21.9. The van der Waals surface area contributed by atoms with Gasteiger partial charge in [-0.1, -0.05) is 107 Å². The van der Waals surface area contributed by atoms with E-state index in [-0.39, 0.29) is 8.80 Å². The molecule has 0 nitrogen and oxygen atoms in total. The number of halogens is 2. The molecule has 3 heteroatoms. The summed E-state index contributed by atoms with van der Waals surface area (Å²) in [7, 11) is -0.354. The average molecular weight is 447 g/mol. The Balaban J connectivity index is 1.26. The largest absolute Gasteiger partial charge is 0.270 e. The molecule has 174 valence electrons. The Kier molecular flexibility index (Phi) is 10.8. The minimum Gasteiger partial charge on any atom is -0.173 e. The van der Waals surface area contributed by atoms with E-state index in [9.17, 15) is 8.78 Å². The van der Waals surface area contributed by atoms with Crippen molar-refractivity contribution in [3.05, 3.63) is 41.5 Å². The second-order valence-corrected chi connectivity index (χ2v) is 13.9. The van der Waals surface area contributed by atoms with Crippen LogP contribution in [0, 0.1) is 17.8 Å². The summed E-state index contributed by atoms with van der Waals surface area (Å²) >= 11 is 0. The van der Waals surface area contributed by atoms with E-state index < -0.39 is 6.08 Å². The fourth-order valence-corrected chi connectivity index (χ4v) is 9.78. The molecule has 1 heterocycles. The van der Waals surface area contributed by atoms with Crippen LogP contribution in [-0.2, 0) is 6.42 Å². The van der Waals surface area contributed by atoms with E-state index in [1.807, 2.05) is 12.1 Å². The predicted octanol–water partition coefficient (Wildman–Crippen LogP) is 9.27. The van der Waals surface area contributed by atoms with Crippen LogP contribution in [0.4, 0.5) is 8.78 Å². The Labute approximate surface area is 191 Å². The highest BCUT2D eigenvalue weighted by Gasteiger charge is 2.30. The molecule has 1 saturated heterocycles. The summed E-state index contributed by atoms with van der Waals surface area (Å²) in [6.07, 6.45) is 17.7. The highest BCUT2D eigenvalue weighted by Crippen LogP contribution is 2.42. The first-order valence-electron chi connectivity index (χ1n) is 13.3. The Morgan fingerprint density at radius 3 is 2.19 bits per heavy atom. The maximum absolute atomic E-state index is 12.3. The molecule has 0 amide bonds. The molecule has 2 fully saturated rings. The Hall–Kier alpha value is -0.963. The summed E-state index contributed by atoms with van der Waals surface area (Å²) in [5, 5.41) is 0. The molecule has 1 aromatic rings. The first-order chi connectivity index (χ1) is 15.1. The third-order valence-electron chi connectivity index (χ3n) is 8.25. The lowest BCUT2D eigenvalue weighted by Crippen LogP contribution is -2.28. The molecule has 0 aromatic heterocycles. The maximum Gasteiger partial charge on any atom is 0.270 e. The van der Waals surface area contributed by atoms with Gasteiger partial charge in [-0.3, -0.25) is 0 Å². The summed E-state index contributed by atoms with van der Waals surface area (Å²) in [4.78, 5) is 0. The fourth-order valence-electron chi connectivity index (χ4n) is 6.25. The summed E-state index contributed by atoms with van der Waals surface area (Å²) < 4.78 is 24.6. The molecule has 0 unspecified atom stereocenters. The van der Waals surface area contributed by atoms with Crippen LogP contribution >= 0.6 is 0 Å². The standard InChI is InChI=1S/C28H44F2Si/c1-2-3-6-19-31-20-17-27(18-21-31)26-15-13-24(14-16-26)8-5-4-7-23-9-11-25(12-10-23)22-28(29)30/h9-12,22,24,26-27,31H,2-8,13-21H2,1H3/t24-,26-,27?,31?. The number of aryl methyl sites for hydroxylation is 1. The minimum atomic E-state index is -1.63. The van der Waals surface area contributed by atoms with E-state index in [0.717, 1.165) is 30.3 Å². The van der Waals surface area contributed by atoms with E-state index in [1.165, 1.54) is 69.8 Å². The number of rotatable bonds is 11. The number of benzene rings is 1. The fraction of sp³-hybridized carbons (Fsp3) is 0.714. The van der Waals surface area contributed by atoms with Gasteiger partial charge in [0.05, 0.1) is 0 Å². The van der Waals surface area contributed by atoms with Crippen LogP contribution in [0.1, 0.15) is 95.1 Å². The van der Waals surface area contributed by atoms with Crippen LogP contribution in [0.15, 0.2) is 30.3 Å². The summed E-state index contributed by atoms with van der Waals surface area (Å²) in [6.45, 7) is 2.33. The maximum atomic E-state index is 12.3. The second-order valence-electron chi connectivity index (χ2n) is 10.5. The van der Waals surface area contributed by atoms with E-state index in [2.05, 4.69) is 6.92 Å². The van der Waals surface area contributed by atoms with Crippen molar-refractivity contribution in [3.63, 3.8) is 0 Å². The van der Waals surface area contributed by atoms with E-state index in [0.29, 0.717) is 5.56 Å². The van der Waals surface area contributed by atoms with Gasteiger partial charge in [-0.05, 0) is 54.6 Å². The van der Waals surface area contributed by atoms with Crippen LogP contribution in [0.2, 0.25) is 18.1 Å². The quantitative estimate of drug-likeness (QED) is 0.235. The van der Waals surface area contributed by atoms with Gasteiger partial charge in [0.25, 0.3) is 6.08 Å². The van der Waals surface area contributed by atoms with Crippen LogP contribution in [0.3, 0.4) is 0 Å². The summed E-state index contributed by atoms with van der Waals surface area (Å²) in [6, 6.07) is 12.5. The van der Waals surface area contributed by atoms with Crippen molar-refractivity contribution < 1.29 is 8.78 Å². The SMILES string of the molecule is CCCCC[SiH]1CCC([C@H]2CC[C@H](CCCCc3ccc(C=C(F)F)cc3)CC2)CC1. The minimum absolute atomic E-state index is 0.354. The molecule has 1 aliphatic carbocycles. The van der Waals surface area contributed by atoms with E-state index in [4.69, 9.17) is 0 Å². The molecule has 0 spiro atoms. The van der Waals surface area contributed by atoms with Crippen molar-refractivity contribution >= 4 is 14.9 Å². The van der Waals surface area contributed by atoms with Crippen LogP contribution in [-0.4, -0.2) is 8.80 Å². The third kappa shape index (κ3) is 8.83. The lowest BCUT2D eigenvalue weighted by molar-refractivity contribution is 0.184. The van der Waals surface area contributed by atoms with Gasteiger partial charge >= 0.3 is 0 Å². The Bertz CT molecular complexity index is 633. The van der Waals surface area contributed by atoms with Crippen LogP contribution < -0.4 is 0 Å². The molecular weight excluding hydrogens is 402 g/mol. The highest BCUT2D eigenvalue weighted by molar-refractivity contribution is 6.58. The van der Waals surface area contributed by atoms with Gasteiger partial charge in [0.2, 0.25) is 0 Å². The first kappa shape index (κ1) is 24.7. The normalized spacial score (nSPS) is 26.5. The monoisotopic (exact) mass is 446 g/mol. The molecule has 1 aliphatic heterocycles. The van der Waals surface area contributed by atoms with Crippen LogP contribution in [0.5, 0.6) is 0 Å². The van der Waals surface area contributed by atoms with Crippen molar-refractivity contribution in [1.82, 2.24) is 0 Å². The van der Waals surface area contributed by atoms with Gasteiger partial charge in [-0.25, -0.2) is 0 Å². The van der Waals surface area contributed by atoms with Gasteiger partial charge < -0.3 is 0 Å². The molecule has 31 heavy (non-hydrogen) atoms. The molecule has 1 saturated carbocycles. The van der Waals surface area contributed by atoms with E-state index >= 15 is 0 Å². The van der Waals surface area contributed by atoms with Gasteiger partial charge in [0.15, 0.2) is 0 Å². The van der Waals surface area contributed by atoms with E-state index in [1.54, 1.807) is 43.1 Å². The van der Waals surface area contributed by atoms with Crippen molar-refractivity contribution in [2.24, 2.45) is 17.8 Å². The van der Waals surface area contributed by atoms with Crippen molar-refractivity contribution in [3.8, 4) is 0 Å². The molecule has 0 N–H and O–H groups in total. The second kappa shape index (κ2) is 13.6. The molecule has 0 atom stereocenters. The molecule has 1 aromatic carbocycles. The molecular formula is C28H44F2Si. The smallest absolute Gasteiger partial charge is 0.173 e. The average Bonchev–Trinajstić information content (AvgIpc) is 2.79. The molecule has 0 radical (unpaired) electrons.